The number of fused-ring (bicyclic) bond motifs is 3. The molecule has 7 nitrogen and oxygen atoms in total. The van der Waals surface area contributed by atoms with Gasteiger partial charge in [0, 0.05) is 33.7 Å². The summed E-state index contributed by atoms with van der Waals surface area (Å²) in [5.41, 5.74) is 2.38. The van der Waals surface area contributed by atoms with Crippen LogP contribution in [0.2, 0.25) is 0 Å². The molecule has 1 aliphatic carbocycles. The van der Waals surface area contributed by atoms with Crippen LogP contribution in [-0.2, 0) is 0 Å². The van der Waals surface area contributed by atoms with Gasteiger partial charge >= 0.3 is 12.3 Å². The molecule has 0 saturated heterocycles. The number of pyridine rings is 2. The summed E-state index contributed by atoms with van der Waals surface area (Å²) in [6.45, 7) is 0. The monoisotopic (exact) mass is 498 g/mol. The number of H-pyrrole nitrogens is 1. The van der Waals surface area contributed by atoms with Crippen LogP contribution in [0.15, 0.2) is 65.6 Å². The molecule has 5 rings (SSSR count). The second-order valence-corrected chi connectivity index (χ2v) is 8.59. The highest BCUT2D eigenvalue weighted by molar-refractivity contribution is 6.10. The van der Waals surface area contributed by atoms with Crippen molar-refractivity contribution in [3.05, 3.63) is 71.1 Å². The molecule has 1 saturated carbocycles. The van der Waals surface area contributed by atoms with Gasteiger partial charge in [0.1, 0.15) is 5.65 Å². The van der Waals surface area contributed by atoms with Crippen LogP contribution in [0.5, 0.6) is 0 Å². The van der Waals surface area contributed by atoms with Gasteiger partial charge in [0.25, 0.3) is 5.56 Å². The Morgan fingerprint density at radius 1 is 0.944 bits per heavy atom. The number of rotatable bonds is 3. The molecule has 36 heavy (non-hydrogen) atoms. The van der Waals surface area contributed by atoms with E-state index in [4.69, 9.17) is 5.11 Å². The largest absolute Gasteiger partial charge is 0.465 e. The average molecular weight is 499 g/mol. The van der Waals surface area contributed by atoms with Crippen LogP contribution in [0.4, 0.5) is 35.0 Å². The molecule has 1 fully saturated rings. The summed E-state index contributed by atoms with van der Waals surface area (Å²) in [6, 6.07) is 16.1. The molecule has 0 unspecified atom stereocenters. The molecule has 4 N–H and O–H groups in total. The van der Waals surface area contributed by atoms with E-state index in [2.05, 4.69) is 20.6 Å². The van der Waals surface area contributed by atoms with Crippen LogP contribution in [0.1, 0.15) is 32.1 Å². The van der Waals surface area contributed by atoms with Crippen LogP contribution >= 0.6 is 0 Å². The van der Waals surface area contributed by atoms with Crippen molar-refractivity contribution in [2.45, 2.75) is 38.3 Å². The molecule has 0 spiro atoms. The van der Waals surface area contributed by atoms with Crippen LogP contribution in [-0.4, -0.2) is 27.3 Å². The maximum absolute atomic E-state index is 12.2. The first-order valence-electron chi connectivity index (χ1n) is 11.6. The molecule has 4 aromatic rings. The fourth-order valence-corrected chi connectivity index (χ4v) is 4.35. The topological polar surface area (TPSA) is 107 Å². The van der Waals surface area contributed by atoms with E-state index in [9.17, 15) is 22.8 Å². The number of carboxylic acid groups (broad SMARTS) is 1. The number of amides is 1. The summed E-state index contributed by atoms with van der Waals surface area (Å²) in [5.74, 6) is -0.999. The molecular weight excluding hydrogens is 473 g/mol. The quantitative estimate of drug-likeness (QED) is 0.227. The van der Waals surface area contributed by atoms with Gasteiger partial charge in [-0.05, 0) is 49.2 Å². The molecule has 0 bridgehead atoms. The maximum Gasteiger partial charge on any atom is 0.409 e. The van der Waals surface area contributed by atoms with Crippen LogP contribution in [0.3, 0.4) is 0 Å². The Morgan fingerprint density at radius 3 is 2.19 bits per heavy atom. The normalized spacial score (nSPS) is 14.2. The minimum atomic E-state index is -3.93. The third-order valence-corrected chi connectivity index (χ3v) is 6.11. The zero-order valence-electron chi connectivity index (χ0n) is 19.2. The van der Waals surface area contributed by atoms with Crippen molar-refractivity contribution in [1.29, 1.82) is 0 Å². The molecule has 2 aromatic carbocycles. The molecule has 1 aliphatic rings. The average Bonchev–Trinajstić information content (AvgIpc) is 2.86. The fourth-order valence-electron chi connectivity index (χ4n) is 4.35. The van der Waals surface area contributed by atoms with Crippen LogP contribution in [0.25, 0.3) is 21.8 Å². The van der Waals surface area contributed by atoms with Crippen molar-refractivity contribution in [2.24, 2.45) is 5.92 Å². The molecule has 0 radical (unpaired) electrons. The van der Waals surface area contributed by atoms with E-state index in [0.29, 0.717) is 29.6 Å². The zero-order chi connectivity index (χ0) is 25.7. The molecular formula is C26H25F3N4O3. The van der Waals surface area contributed by atoms with Crippen LogP contribution in [0, 0.1) is 5.92 Å². The number of hydrogen-bond acceptors (Lipinski definition) is 4. The van der Waals surface area contributed by atoms with Crippen molar-refractivity contribution in [2.75, 3.05) is 10.6 Å². The predicted molar refractivity (Wildman–Crippen MR) is 134 cm³/mol. The van der Waals surface area contributed by atoms with Crippen molar-refractivity contribution in [1.82, 2.24) is 9.97 Å². The number of carbonyl (C=O) groups is 1. The van der Waals surface area contributed by atoms with E-state index in [1.54, 1.807) is 36.5 Å². The van der Waals surface area contributed by atoms with Gasteiger partial charge in [-0.1, -0.05) is 37.5 Å². The van der Waals surface area contributed by atoms with Gasteiger partial charge in [0.05, 0.1) is 11.6 Å². The van der Waals surface area contributed by atoms with E-state index >= 15 is 0 Å². The standard InChI is InChI=1S/C19H14N4O3.C7H11F3/c24-18-14-4-2-1-3-13(14)16-15(9-10-20-17(16)23-18)21-11-5-7-12(8-6-11)22-19(25)26;8-7(9,10)6-4-2-1-3-5-6/h1-10,22H,(H,25,26)(H2,20,21,23,24);6H,1-5H2. The summed E-state index contributed by atoms with van der Waals surface area (Å²) in [5, 5.41) is 16.6. The highest BCUT2D eigenvalue weighted by atomic mass is 19.4. The van der Waals surface area contributed by atoms with E-state index in [0.717, 1.165) is 41.4 Å². The lowest BCUT2D eigenvalue weighted by atomic mass is 9.89. The Morgan fingerprint density at radius 2 is 1.58 bits per heavy atom. The Balaban J connectivity index is 0.000000256. The van der Waals surface area contributed by atoms with Crippen molar-refractivity contribution >= 4 is 45.0 Å². The number of aromatic amines is 1. The van der Waals surface area contributed by atoms with Gasteiger partial charge in [0.2, 0.25) is 0 Å². The molecule has 0 aliphatic heterocycles. The van der Waals surface area contributed by atoms with Gasteiger partial charge in [-0.25, -0.2) is 9.78 Å². The lowest BCUT2D eigenvalue weighted by molar-refractivity contribution is -0.181. The van der Waals surface area contributed by atoms with Crippen molar-refractivity contribution < 1.29 is 23.1 Å². The van der Waals surface area contributed by atoms with Gasteiger partial charge in [-0.2, -0.15) is 13.2 Å². The lowest BCUT2D eigenvalue weighted by Gasteiger charge is -2.23. The van der Waals surface area contributed by atoms with Crippen LogP contribution < -0.4 is 16.2 Å². The summed E-state index contributed by atoms with van der Waals surface area (Å²) in [4.78, 5) is 30.0. The Kier molecular flexibility index (Phi) is 7.42. The minimum Gasteiger partial charge on any atom is -0.465 e. The number of benzene rings is 2. The molecule has 2 aromatic heterocycles. The van der Waals surface area contributed by atoms with Gasteiger partial charge in [0.15, 0.2) is 0 Å². The number of aromatic nitrogens is 2. The Bertz CT molecular complexity index is 1410. The Hall–Kier alpha value is -4.08. The maximum atomic E-state index is 12.2. The highest BCUT2D eigenvalue weighted by Gasteiger charge is 2.39. The van der Waals surface area contributed by atoms with Gasteiger partial charge < -0.3 is 15.4 Å². The van der Waals surface area contributed by atoms with Gasteiger partial charge in [-0.15, -0.1) is 0 Å². The SMILES string of the molecule is FC(F)(F)C1CCCCC1.O=C(O)Nc1ccc(Nc2ccnc3[nH]c(=O)c4ccccc4c23)cc1. The smallest absolute Gasteiger partial charge is 0.409 e. The van der Waals surface area contributed by atoms with E-state index < -0.39 is 18.2 Å². The lowest BCUT2D eigenvalue weighted by Crippen LogP contribution is -2.24. The van der Waals surface area contributed by atoms with Crippen molar-refractivity contribution in [3.8, 4) is 0 Å². The number of nitrogens with one attached hydrogen (secondary N) is 3. The number of hydrogen-bond donors (Lipinski definition) is 4. The minimum absolute atomic E-state index is 0.179. The molecule has 2 heterocycles. The Labute approximate surface area is 204 Å². The number of nitrogens with zero attached hydrogens (tertiary/aromatic N) is 1. The summed E-state index contributed by atoms with van der Waals surface area (Å²) < 4.78 is 35.8. The van der Waals surface area contributed by atoms with E-state index in [1.807, 2.05) is 24.3 Å². The molecule has 0 atom stereocenters. The molecule has 1 amide bonds. The molecule has 10 heteroatoms. The van der Waals surface area contributed by atoms with E-state index in [1.165, 1.54) is 0 Å². The predicted octanol–water partition coefficient (Wildman–Crippen LogP) is 7.04. The number of alkyl halides is 3. The molecule has 188 valence electrons. The highest BCUT2D eigenvalue weighted by Crippen LogP contribution is 2.37. The number of halogens is 3. The van der Waals surface area contributed by atoms with Crippen molar-refractivity contribution in [3.63, 3.8) is 0 Å². The first-order valence-corrected chi connectivity index (χ1v) is 11.6. The summed E-state index contributed by atoms with van der Waals surface area (Å²) in [7, 11) is 0. The third kappa shape index (κ3) is 5.94. The zero-order valence-corrected chi connectivity index (χ0v) is 19.2. The van der Waals surface area contributed by atoms with E-state index in [-0.39, 0.29) is 5.56 Å². The third-order valence-electron chi connectivity index (χ3n) is 6.11. The first-order chi connectivity index (χ1) is 17.2. The first kappa shape index (κ1) is 25.0. The summed E-state index contributed by atoms with van der Waals surface area (Å²) >= 11 is 0. The number of anilines is 3. The fraction of sp³-hybridized carbons (Fsp3) is 0.269. The second-order valence-electron chi connectivity index (χ2n) is 8.59. The van der Waals surface area contributed by atoms with Gasteiger partial charge in [-0.3, -0.25) is 10.1 Å². The summed E-state index contributed by atoms with van der Waals surface area (Å²) in [6.07, 6.45) is -0.231. The second kappa shape index (κ2) is 10.7.